The molecular formula is C12H15Cl2NO. The van der Waals surface area contributed by atoms with E-state index in [9.17, 15) is 4.79 Å². The van der Waals surface area contributed by atoms with Gasteiger partial charge in [-0.2, -0.15) is 0 Å². The van der Waals surface area contributed by atoms with Crippen LogP contribution in [0.15, 0.2) is 18.2 Å². The molecule has 0 saturated carbocycles. The van der Waals surface area contributed by atoms with E-state index in [0.29, 0.717) is 15.6 Å². The van der Waals surface area contributed by atoms with E-state index < -0.39 is 0 Å². The van der Waals surface area contributed by atoms with Crippen LogP contribution in [0.4, 0.5) is 0 Å². The Morgan fingerprint density at radius 2 is 2.00 bits per heavy atom. The lowest BCUT2D eigenvalue weighted by Crippen LogP contribution is -2.42. The molecule has 2 nitrogen and oxygen atoms in total. The molecule has 0 aliphatic rings. The summed E-state index contributed by atoms with van der Waals surface area (Å²) in [7, 11) is 0. The van der Waals surface area contributed by atoms with E-state index in [1.54, 1.807) is 18.2 Å². The zero-order valence-electron chi connectivity index (χ0n) is 9.60. The van der Waals surface area contributed by atoms with Crippen molar-refractivity contribution < 1.29 is 4.79 Å². The molecule has 88 valence electrons. The van der Waals surface area contributed by atoms with Crippen molar-refractivity contribution >= 4 is 29.1 Å². The summed E-state index contributed by atoms with van der Waals surface area (Å²) in [5.74, 6) is -0.195. The van der Waals surface area contributed by atoms with Gasteiger partial charge in [-0.15, -0.1) is 0 Å². The highest BCUT2D eigenvalue weighted by atomic mass is 35.5. The zero-order valence-corrected chi connectivity index (χ0v) is 11.1. The minimum absolute atomic E-state index is 0.195. The largest absolute Gasteiger partial charge is 0.347 e. The molecule has 1 rings (SSSR count). The van der Waals surface area contributed by atoms with Crippen LogP contribution in [0.5, 0.6) is 0 Å². The Labute approximate surface area is 106 Å². The molecule has 16 heavy (non-hydrogen) atoms. The van der Waals surface area contributed by atoms with Crippen molar-refractivity contribution in [2.45, 2.75) is 32.7 Å². The molecule has 0 unspecified atom stereocenters. The molecule has 0 atom stereocenters. The highest BCUT2D eigenvalue weighted by molar-refractivity contribution is 6.43. The van der Waals surface area contributed by atoms with Crippen LogP contribution in [0, 0.1) is 0 Å². The third-order valence-corrected chi connectivity index (χ3v) is 3.35. The molecule has 0 aromatic heterocycles. The van der Waals surface area contributed by atoms with Gasteiger partial charge in [0.25, 0.3) is 5.91 Å². The second-order valence-corrected chi connectivity index (χ2v) is 5.08. The number of hydrogen-bond acceptors (Lipinski definition) is 1. The van der Waals surface area contributed by atoms with E-state index in [2.05, 4.69) is 5.32 Å². The zero-order chi connectivity index (χ0) is 12.3. The van der Waals surface area contributed by atoms with Gasteiger partial charge in [-0.05, 0) is 32.4 Å². The number of hydrogen-bond donors (Lipinski definition) is 1. The Morgan fingerprint density at radius 1 is 1.38 bits per heavy atom. The number of carbonyl (C=O) groups excluding carboxylic acids is 1. The first-order chi connectivity index (χ1) is 7.37. The highest BCUT2D eigenvalue weighted by Gasteiger charge is 2.20. The smallest absolute Gasteiger partial charge is 0.253 e. The molecule has 0 aliphatic carbocycles. The van der Waals surface area contributed by atoms with Gasteiger partial charge in [-0.3, -0.25) is 4.79 Å². The summed E-state index contributed by atoms with van der Waals surface area (Å²) in [6.07, 6.45) is 0.844. The average Bonchev–Trinajstić information content (AvgIpc) is 2.21. The number of nitrogens with one attached hydrogen (secondary N) is 1. The maximum absolute atomic E-state index is 11.9. The summed E-state index contributed by atoms with van der Waals surface area (Å²) in [4.78, 5) is 11.9. The fraction of sp³-hybridized carbons (Fsp3) is 0.417. The first kappa shape index (κ1) is 13.3. The fourth-order valence-electron chi connectivity index (χ4n) is 1.14. The quantitative estimate of drug-likeness (QED) is 0.877. The molecule has 1 aromatic carbocycles. The van der Waals surface area contributed by atoms with E-state index in [-0.39, 0.29) is 11.4 Å². The molecule has 0 heterocycles. The molecule has 1 N–H and O–H groups in total. The van der Waals surface area contributed by atoms with Gasteiger partial charge in [-0.25, -0.2) is 0 Å². The van der Waals surface area contributed by atoms with Crippen molar-refractivity contribution in [2.75, 3.05) is 0 Å². The Balaban J connectivity index is 2.94. The first-order valence-corrected chi connectivity index (χ1v) is 5.89. The SMILES string of the molecule is CCC(C)(C)NC(=O)c1cccc(Cl)c1Cl. The summed E-state index contributed by atoms with van der Waals surface area (Å²) in [5.41, 5.74) is 0.165. The van der Waals surface area contributed by atoms with Crippen molar-refractivity contribution in [3.8, 4) is 0 Å². The Bertz CT molecular complexity index is 402. The topological polar surface area (TPSA) is 29.1 Å². The summed E-state index contributed by atoms with van der Waals surface area (Å²) < 4.78 is 0. The lowest BCUT2D eigenvalue weighted by Gasteiger charge is -2.24. The van der Waals surface area contributed by atoms with Crippen molar-refractivity contribution in [2.24, 2.45) is 0 Å². The number of rotatable bonds is 3. The van der Waals surface area contributed by atoms with Gasteiger partial charge >= 0.3 is 0 Å². The molecule has 1 aromatic rings. The summed E-state index contributed by atoms with van der Waals surface area (Å²) >= 11 is 11.8. The molecule has 0 saturated heterocycles. The van der Waals surface area contributed by atoms with Gasteiger partial charge in [0.05, 0.1) is 15.6 Å². The maximum Gasteiger partial charge on any atom is 0.253 e. The van der Waals surface area contributed by atoms with Crippen LogP contribution >= 0.6 is 23.2 Å². The van der Waals surface area contributed by atoms with Crippen LogP contribution in [0.25, 0.3) is 0 Å². The molecular weight excluding hydrogens is 245 g/mol. The standard InChI is InChI=1S/C12H15Cl2NO/c1-4-12(2,3)15-11(16)8-6-5-7-9(13)10(8)14/h5-7H,4H2,1-3H3,(H,15,16). The number of halogens is 2. The second kappa shape index (κ2) is 5.07. The minimum Gasteiger partial charge on any atom is -0.347 e. The van der Waals surface area contributed by atoms with Crippen LogP contribution in [-0.2, 0) is 0 Å². The Kier molecular flexibility index (Phi) is 4.22. The molecule has 0 spiro atoms. The van der Waals surface area contributed by atoms with Gasteiger partial charge in [-0.1, -0.05) is 36.2 Å². The van der Waals surface area contributed by atoms with Gasteiger partial charge < -0.3 is 5.32 Å². The van der Waals surface area contributed by atoms with Gasteiger partial charge in [0.15, 0.2) is 0 Å². The summed E-state index contributed by atoms with van der Waals surface area (Å²) in [6, 6.07) is 5.03. The Hall–Kier alpha value is -0.730. The highest BCUT2D eigenvalue weighted by Crippen LogP contribution is 2.25. The van der Waals surface area contributed by atoms with E-state index in [0.717, 1.165) is 6.42 Å². The van der Waals surface area contributed by atoms with Crippen molar-refractivity contribution in [3.05, 3.63) is 33.8 Å². The number of amides is 1. The van der Waals surface area contributed by atoms with Gasteiger partial charge in [0.2, 0.25) is 0 Å². The molecule has 0 radical (unpaired) electrons. The molecule has 0 aliphatic heterocycles. The van der Waals surface area contributed by atoms with Crippen molar-refractivity contribution in [1.82, 2.24) is 5.32 Å². The summed E-state index contributed by atoms with van der Waals surface area (Å²) in [6.45, 7) is 5.94. The van der Waals surface area contributed by atoms with Crippen molar-refractivity contribution in [3.63, 3.8) is 0 Å². The molecule has 1 amide bonds. The predicted molar refractivity (Wildman–Crippen MR) is 68.3 cm³/mol. The predicted octanol–water partition coefficient (Wildman–Crippen LogP) is 3.91. The van der Waals surface area contributed by atoms with Crippen LogP contribution in [0.2, 0.25) is 10.0 Å². The Morgan fingerprint density at radius 3 is 2.56 bits per heavy atom. The fourth-order valence-corrected chi connectivity index (χ4v) is 1.53. The summed E-state index contributed by atoms with van der Waals surface area (Å²) in [5, 5.41) is 3.60. The molecule has 0 bridgehead atoms. The van der Waals surface area contributed by atoms with E-state index in [1.165, 1.54) is 0 Å². The van der Waals surface area contributed by atoms with Crippen LogP contribution in [0.3, 0.4) is 0 Å². The molecule has 0 fully saturated rings. The minimum atomic E-state index is -0.247. The second-order valence-electron chi connectivity index (χ2n) is 4.29. The lowest BCUT2D eigenvalue weighted by atomic mass is 10.0. The number of benzene rings is 1. The van der Waals surface area contributed by atoms with Gasteiger partial charge in [0.1, 0.15) is 0 Å². The van der Waals surface area contributed by atoms with Crippen LogP contribution < -0.4 is 5.32 Å². The lowest BCUT2D eigenvalue weighted by molar-refractivity contribution is 0.0911. The van der Waals surface area contributed by atoms with E-state index in [4.69, 9.17) is 23.2 Å². The first-order valence-electron chi connectivity index (χ1n) is 5.14. The van der Waals surface area contributed by atoms with Crippen LogP contribution in [0.1, 0.15) is 37.6 Å². The maximum atomic E-state index is 11.9. The van der Waals surface area contributed by atoms with E-state index >= 15 is 0 Å². The van der Waals surface area contributed by atoms with E-state index in [1.807, 2.05) is 20.8 Å². The van der Waals surface area contributed by atoms with Crippen molar-refractivity contribution in [1.29, 1.82) is 0 Å². The van der Waals surface area contributed by atoms with Crippen LogP contribution in [-0.4, -0.2) is 11.4 Å². The average molecular weight is 260 g/mol. The third-order valence-electron chi connectivity index (χ3n) is 2.53. The molecule has 4 heteroatoms. The number of carbonyl (C=O) groups is 1. The third kappa shape index (κ3) is 3.13. The van der Waals surface area contributed by atoms with Gasteiger partial charge in [0, 0.05) is 5.54 Å². The normalized spacial score (nSPS) is 11.3. The monoisotopic (exact) mass is 259 g/mol.